The molecular weight excluding hydrogens is 861 g/mol. The number of aromatic carboxylic acids is 1. The molecule has 8 rings (SSSR count). The first-order valence-corrected chi connectivity index (χ1v) is 22.8. The van der Waals surface area contributed by atoms with Gasteiger partial charge in [0.05, 0.1) is 41.7 Å². The van der Waals surface area contributed by atoms with Crippen molar-refractivity contribution in [2.75, 3.05) is 44.2 Å². The second-order valence-corrected chi connectivity index (χ2v) is 16.0. The Morgan fingerprint density at radius 2 is 1.06 bits per heavy atom. The maximum absolute atomic E-state index is 12.9. The zero-order valence-electron chi connectivity index (χ0n) is 38.6. The van der Waals surface area contributed by atoms with Crippen LogP contribution in [0.15, 0.2) is 48.8 Å². The molecule has 67 heavy (non-hydrogen) atoms. The van der Waals surface area contributed by atoms with Gasteiger partial charge >= 0.3 is 11.9 Å². The summed E-state index contributed by atoms with van der Waals surface area (Å²) < 4.78 is 19.5. The van der Waals surface area contributed by atoms with Crippen molar-refractivity contribution in [1.82, 2.24) is 50.1 Å². The topological polar surface area (TPSA) is 252 Å². The highest BCUT2D eigenvalue weighted by atomic mass is 16.5. The second kappa shape index (κ2) is 22.4. The van der Waals surface area contributed by atoms with E-state index in [4.69, 9.17) is 29.3 Å². The van der Waals surface area contributed by atoms with Gasteiger partial charge in [-0.25, -0.2) is 38.9 Å². The Balaban J connectivity index is 0.000000199. The number of methoxy groups -OCH3 is 1. The molecule has 2 aliphatic rings. The number of nitrogens with zero attached hydrogens (tertiary/aromatic N) is 8. The van der Waals surface area contributed by atoms with Gasteiger partial charge in [-0.05, 0) is 76.6 Å². The molecule has 2 aliphatic heterocycles. The SMILES string of the molecule is CCc1nc2c(cnn2CC)c(NC2CCOCC2)c1CNC(=O)c1cccc(C(=O)O)n1.CCc1nc2c(cnn2CC)c(NC2CCOCC2)c1CNC(=O)c1cccc(C(=O)OC)n1. The number of carboxylic acid groups (broad SMARTS) is 1. The van der Waals surface area contributed by atoms with Gasteiger partial charge in [0.1, 0.15) is 22.8 Å². The van der Waals surface area contributed by atoms with Gasteiger partial charge in [-0.15, -0.1) is 0 Å². The molecule has 2 amide bonds. The van der Waals surface area contributed by atoms with Gasteiger partial charge in [0.2, 0.25) is 0 Å². The minimum atomic E-state index is -1.18. The quantitative estimate of drug-likeness (QED) is 0.0768. The summed E-state index contributed by atoms with van der Waals surface area (Å²) in [6.07, 6.45) is 8.64. The number of pyridine rings is 4. The summed E-state index contributed by atoms with van der Waals surface area (Å²) in [5, 5.41) is 33.2. The van der Waals surface area contributed by atoms with Crippen molar-refractivity contribution >= 4 is 57.2 Å². The smallest absolute Gasteiger partial charge is 0.356 e. The lowest BCUT2D eigenvalue weighted by atomic mass is 10.0. The lowest BCUT2D eigenvalue weighted by Gasteiger charge is -2.26. The van der Waals surface area contributed by atoms with Crippen LogP contribution in [-0.2, 0) is 53.2 Å². The summed E-state index contributed by atoms with van der Waals surface area (Å²) in [5.74, 6) is -2.59. The minimum Gasteiger partial charge on any atom is -0.477 e. The van der Waals surface area contributed by atoms with E-state index >= 15 is 0 Å². The average Bonchev–Trinajstić information content (AvgIpc) is 3.99. The molecule has 0 saturated carbocycles. The molecule has 6 aromatic rings. The fraction of sp³-hybridized carbons (Fsp3) is 0.447. The number of hydrogen-bond acceptors (Lipinski definition) is 15. The number of aromatic nitrogens is 8. The summed E-state index contributed by atoms with van der Waals surface area (Å²) in [5.41, 5.74) is 7.23. The first kappa shape index (κ1) is 47.9. The highest BCUT2D eigenvalue weighted by Crippen LogP contribution is 2.33. The van der Waals surface area contributed by atoms with Crippen LogP contribution in [0.2, 0.25) is 0 Å². The van der Waals surface area contributed by atoms with Gasteiger partial charge < -0.3 is 40.6 Å². The maximum Gasteiger partial charge on any atom is 0.356 e. The largest absolute Gasteiger partial charge is 0.477 e. The molecule has 0 atom stereocenters. The standard InChI is InChI=1S/C24H30N6O4.C23H28N6O4/c1-4-18-16(13-25-23(31)19-7-6-8-20(28-19)24(32)33-3)21(27-15-9-11-34-12-10-15)17-14-26-30(5-2)22(17)29-18;1-3-17-15(12-24-22(30)18-6-5-7-19(27-18)23(31)32)20(26-14-8-10-33-11-9-14)16-13-25-29(4-2)21(16)28-17/h6-8,14-15H,4-5,9-13H2,1-3H3,(H,25,31)(H,27,29);5-7,13-14H,3-4,8-12H2,1-2H3,(H,24,30)(H,26,28)(H,31,32). The second-order valence-electron chi connectivity index (χ2n) is 16.0. The van der Waals surface area contributed by atoms with Gasteiger partial charge in [-0.3, -0.25) is 9.59 Å². The van der Waals surface area contributed by atoms with Crippen molar-refractivity contribution < 1.29 is 38.5 Å². The predicted molar refractivity (Wildman–Crippen MR) is 249 cm³/mol. The average molecular weight is 919 g/mol. The molecule has 0 bridgehead atoms. The van der Waals surface area contributed by atoms with E-state index in [1.807, 2.05) is 49.5 Å². The van der Waals surface area contributed by atoms with Crippen molar-refractivity contribution in [1.29, 1.82) is 0 Å². The first-order valence-electron chi connectivity index (χ1n) is 22.8. The van der Waals surface area contributed by atoms with Gasteiger partial charge in [0.15, 0.2) is 11.3 Å². The fourth-order valence-electron chi connectivity index (χ4n) is 8.18. The van der Waals surface area contributed by atoms with Gasteiger partial charge in [0, 0.05) is 87.2 Å². The minimum absolute atomic E-state index is 0.0553. The summed E-state index contributed by atoms with van der Waals surface area (Å²) >= 11 is 0. The fourth-order valence-corrected chi connectivity index (χ4v) is 8.18. The van der Waals surface area contributed by atoms with Crippen molar-refractivity contribution in [3.63, 3.8) is 0 Å². The van der Waals surface area contributed by atoms with Crippen LogP contribution in [0.3, 0.4) is 0 Å². The van der Waals surface area contributed by atoms with E-state index in [1.165, 1.54) is 31.4 Å². The first-order chi connectivity index (χ1) is 32.6. The highest BCUT2D eigenvalue weighted by molar-refractivity contribution is 5.97. The van der Waals surface area contributed by atoms with Crippen molar-refractivity contribution in [2.45, 2.75) is 104 Å². The Labute approximate surface area is 387 Å². The number of nitrogens with one attached hydrogen (secondary N) is 4. The number of carbonyl (C=O) groups is 4. The third kappa shape index (κ3) is 11.1. The van der Waals surface area contributed by atoms with Gasteiger partial charge in [-0.1, -0.05) is 26.0 Å². The monoisotopic (exact) mass is 918 g/mol. The Morgan fingerprint density at radius 3 is 1.46 bits per heavy atom. The highest BCUT2D eigenvalue weighted by Gasteiger charge is 2.25. The summed E-state index contributed by atoms with van der Waals surface area (Å²) in [4.78, 5) is 66.5. The van der Waals surface area contributed by atoms with Crippen LogP contribution in [0, 0.1) is 0 Å². The summed E-state index contributed by atoms with van der Waals surface area (Å²) in [6.45, 7) is 12.9. The molecular formula is C47H58N12O8. The van der Waals surface area contributed by atoms with E-state index < -0.39 is 17.8 Å². The molecule has 8 heterocycles. The lowest BCUT2D eigenvalue weighted by Crippen LogP contribution is -2.30. The van der Waals surface area contributed by atoms with Crippen LogP contribution in [0.4, 0.5) is 11.4 Å². The van der Waals surface area contributed by atoms with E-state index in [2.05, 4.69) is 41.4 Å². The van der Waals surface area contributed by atoms with Gasteiger partial charge in [0.25, 0.3) is 11.8 Å². The number of carbonyl (C=O) groups excluding carboxylic acids is 3. The van der Waals surface area contributed by atoms with Crippen LogP contribution in [0.1, 0.15) is 118 Å². The van der Waals surface area contributed by atoms with E-state index in [-0.39, 0.29) is 53.9 Å². The Kier molecular flexibility index (Phi) is 16.0. The molecule has 0 aliphatic carbocycles. The molecule has 354 valence electrons. The van der Waals surface area contributed by atoms with Gasteiger partial charge in [-0.2, -0.15) is 10.2 Å². The molecule has 20 heteroatoms. The zero-order valence-corrected chi connectivity index (χ0v) is 38.6. The molecule has 6 aromatic heterocycles. The van der Waals surface area contributed by atoms with Crippen molar-refractivity contribution in [3.05, 3.63) is 94.1 Å². The number of rotatable bonds is 16. The Morgan fingerprint density at radius 1 is 0.642 bits per heavy atom. The third-order valence-corrected chi connectivity index (χ3v) is 11.8. The molecule has 2 fully saturated rings. The molecule has 0 radical (unpaired) electrons. The zero-order chi connectivity index (χ0) is 47.5. The summed E-state index contributed by atoms with van der Waals surface area (Å²) in [6, 6.07) is 9.56. The van der Waals surface area contributed by atoms with Crippen LogP contribution in [0.25, 0.3) is 22.1 Å². The Bertz CT molecular complexity index is 2720. The number of esters is 1. The van der Waals surface area contributed by atoms with Crippen molar-refractivity contribution in [3.8, 4) is 0 Å². The maximum atomic E-state index is 12.9. The molecule has 0 aromatic carbocycles. The summed E-state index contributed by atoms with van der Waals surface area (Å²) in [7, 11) is 1.28. The van der Waals surface area contributed by atoms with Crippen LogP contribution in [0.5, 0.6) is 0 Å². The number of anilines is 2. The molecule has 0 unspecified atom stereocenters. The number of fused-ring (bicyclic) bond motifs is 2. The normalized spacial score (nSPS) is 14.3. The predicted octanol–water partition coefficient (Wildman–Crippen LogP) is 5.34. The third-order valence-electron chi connectivity index (χ3n) is 11.8. The number of hydrogen-bond donors (Lipinski definition) is 5. The number of ether oxygens (including phenoxy) is 3. The Hall–Kier alpha value is -7.06. The van der Waals surface area contributed by atoms with Crippen LogP contribution < -0.4 is 21.3 Å². The van der Waals surface area contributed by atoms with Crippen molar-refractivity contribution in [2.24, 2.45) is 0 Å². The molecule has 0 spiro atoms. The number of aryl methyl sites for hydroxylation is 4. The lowest BCUT2D eigenvalue weighted by molar-refractivity contribution is 0.0592. The van der Waals surface area contributed by atoms with Crippen LogP contribution in [-0.4, -0.2) is 114 Å². The van der Waals surface area contributed by atoms with E-state index in [0.29, 0.717) is 39.1 Å². The number of carboxylic acids is 1. The molecule has 2 saturated heterocycles. The number of amides is 2. The van der Waals surface area contributed by atoms with E-state index in [9.17, 15) is 19.2 Å². The van der Waals surface area contributed by atoms with E-state index in [1.54, 1.807) is 12.1 Å². The van der Waals surface area contributed by atoms with Crippen LogP contribution >= 0.6 is 0 Å². The van der Waals surface area contributed by atoms with E-state index in [0.717, 1.165) is 94.9 Å². The molecule has 20 nitrogen and oxygen atoms in total. The molecule has 5 N–H and O–H groups in total.